The molecule has 0 aliphatic carbocycles. The lowest BCUT2D eigenvalue weighted by atomic mass is 9.77. The van der Waals surface area contributed by atoms with Crippen LogP contribution in [0, 0.1) is 0 Å². The minimum Gasteiger partial charge on any atom is -0.497 e. The molecular weight excluding hydrogens is 1080 g/mol. The number of esters is 1. The number of alkyl halides is 1. The lowest BCUT2D eigenvalue weighted by Gasteiger charge is -2.46. The van der Waals surface area contributed by atoms with E-state index in [0.717, 1.165) is 48.0 Å². The smallest absolute Gasteiger partial charge is 0.356 e. The highest BCUT2D eigenvalue weighted by molar-refractivity contribution is 14.1. The maximum Gasteiger partial charge on any atom is 0.356 e. The molecule has 2 amide bonds. The summed E-state index contributed by atoms with van der Waals surface area (Å²) in [6, 6.07) is 53.4. The van der Waals surface area contributed by atoms with Gasteiger partial charge in [0.1, 0.15) is 41.3 Å². The van der Waals surface area contributed by atoms with Crippen molar-refractivity contribution in [2.75, 3.05) is 12.4 Å². The van der Waals surface area contributed by atoms with Crippen molar-refractivity contribution in [3.63, 3.8) is 0 Å². The number of aromatic nitrogens is 2. The minimum absolute atomic E-state index is 0.0547. The van der Waals surface area contributed by atoms with Crippen molar-refractivity contribution < 1.29 is 28.7 Å². The summed E-state index contributed by atoms with van der Waals surface area (Å²) in [4.78, 5) is 60.9. The number of methoxy groups -OCH3 is 1. The Hall–Kier alpha value is -6.51. The molecule has 1 fully saturated rings. The Morgan fingerprint density at radius 3 is 2.04 bits per heavy atom. The molecule has 0 spiro atoms. The van der Waals surface area contributed by atoms with Crippen LogP contribution in [0.1, 0.15) is 45.5 Å². The van der Waals surface area contributed by atoms with Gasteiger partial charge in [0.05, 0.1) is 34.0 Å². The highest BCUT2D eigenvalue weighted by Crippen LogP contribution is 2.50. The molecule has 0 saturated carbocycles. The summed E-state index contributed by atoms with van der Waals surface area (Å²) in [6.45, 7) is 0.0304. The molecule has 2 aromatic heterocycles. The predicted octanol–water partition coefficient (Wildman–Crippen LogP) is 11.5. The molecular formula is C54H43IN6O6S4. The molecule has 0 bridgehead atoms. The largest absolute Gasteiger partial charge is 0.497 e. The van der Waals surface area contributed by atoms with Crippen LogP contribution in [0.25, 0.3) is 10.2 Å². The Morgan fingerprint density at radius 1 is 0.803 bits per heavy atom. The third kappa shape index (κ3) is 10.5. The molecule has 71 heavy (non-hydrogen) atoms. The standard InChI is InChI=1S/C54H43IN6O6S4/c1-65-40-25-22-35(23-26-40)31-66-51(64)47-48(71-53-57-41-28-36(30-55)24-27-43(41)69-53)50(70-45-29-44(62)61(45)47)58-49(63)46(60-67-32-34-14-6-2-7-15-34)42-33-68-52(56-42)59-54(37-16-8-3-9-17-37,38-18-10-4-11-19-38)39-20-12-5-13-21-39/h2-28,33,45,50H,29-32H2,1H3,(H,56,59)(H,58,63)/b60-46-/t45-,50?/m0/s1. The second-order valence-corrected chi connectivity index (χ2v) is 21.5. The molecule has 12 nitrogen and oxygen atoms in total. The van der Waals surface area contributed by atoms with Gasteiger partial charge in [-0.2, -0.15) is 0 Å². The van der Waals surface area contributed by atoms with Crippen molar-refractivity contribution in [2.45, 2.75) is 44.7 Å². The Morgan fingerprint density at radius 2 is 1.42 bits per heavy atom. The first-order valence-corrected chi connectivity index (χ1v) is 27.4. The lowest BCUT2D eigenvalue weighted by Crippen LogP contribution is -2.57. The summed E-state index contributed by atoms with van der Waals surface area (Å²) in [7, 11) is 1.58. The molecule has 4 heterocycles. The highest BCUT2D eigenvalue weighted by Gasteiger charge is 2.50. The number of nitrogens with one attached hydrogen (secondary N) is 2. The van der Waals surface area contributed by atoms with Crippen LogP contribution in [-0.4, -0.2) is 56.2 Å². The molecule has 2 atom stereocenters. The third-order valence-corrected chi connectivity index (χ3v) is 17.1. The van der Waals surface area contributed by atoms with E-state index < -0.39 is 28.2 Å². The van der Waals surface area contributed by atoms with Gasteiger partial charge < -0.3 is 24.9 Å². The first-order chi connectivity index (χ1) is 34.8. The molecule has 356 valence electrons. The van der Waals surface area contributed by atoms with E-state index in [0.29, 0.717) is 20.1 Å². The number of ether oxygens (including phenoxy) is 2. The molecule has 1 unspecified atom stereocenters. The van der Waals surface area contributed by atoms with Crippen molar-refractivity contribution in [3.8, 4) is 5.75 Å². The number of thiazole rings is 2. The average Bonchev–Trinajstić information content (AvgIpc) is 4.06. The number of amides is 2. The van der Waals surface area contributed by atoms with E-state index in [9.17, 15) is 9.59 Å². The fraction of sp³-hybridized carbons (Fsp3) is 0.148. The first kappa shape index (κ1) is 48.1. The zero-order chi connectivity index (χ0) is 48.7. The number of rotatable bonds is 18. The van der Waals surface area contributed by atoms with Crippen LogP contribution in [0.4, 0.5) is 5.13 Å². The monoisotopic (exact) mass is 1130 g/mol. The van der Waals surface area contributed by atoms with Gasteiger partial charge in [-0.15, -0.1) is 34.4 Å². The minimum atomic E-state index is -0.888. The normalized spacial score (nSPS) is 15.7. The van der Waals surface area contributed by atoms with E-state index in [-0.39, 0.29) is 42.6 Å². The van der Waals surface area contributed by atoms with Gasteiger partial charge >= 0.3 is 5.97 Å². The summed E-state index contributed by atoms with van der Waals surface area (Å²) in [5.41, 5.74) is 5.83. The molecule has 0 radical (unpaired) electrons. The number of nitrogens with zero attached hydrogens (tertiary/aromatic N) is 4. The SMILES string of the molecule is COc1ccc(COC(=O)C2=C(Sc3nc4cc(CI)ccc4s3)C(NC(=O)/C(=N\OCc3ccccc3)c3csc(NC(c4ccccc4)(c4ccccc4)c4ccccc4)n3)S[C@H]3CC(=O)N23)cc1. The van der Waals surface area contributed by atoms with Gasteiger partial charge in [0.25, 0.3) is 5.91 Å². The third-order valence-electron chi connectivity index (χ3n) is 11.8. The molecule has 2 aliphatic heterocycles. The van der Waals surface area contributed by atoms with Crippen molar-refractivity contribution in [2.24, 2.45) is 5.16 Å². The summed E-state index contributed by atoms with van der Waals surface area (Å²) in [6.07, 6.45) is 0.165. The maximum absolute atomic E-state index is 15.1. The molecule has 8 aromatic rings. The zero-order valence-electron chi connectivity index (χ0n) is 37.9. The Bertz CT molecular complexity index is 3150. The van der Waals surface area contributed by atoms with Gasteiger partial charge in [-0.05, 0) is 57.6 Å². The fourth-order valence-electron chi connectivity index (χ4n) is 8.26. The fourth-order valence-corrected chi connectivity index (χ4v) is 13.3. The van der Waals surface area contributed by atoms with E-state index in [1.165, 1.54) is 51.1 Å². The molecule has 17 heteroatoms. The molecule has 2 aliphatic rings. The van der Waals surface area contributed by atoms with Crippen LogP contribution in [0.2, 0.25) is 0 Å². The van der Waals surface area contributed by atoms with Gasteiger partial charge in [-0.1, -0.05) is 179 Å². The van der Waals surface area contributed by atoms with E-state index in [1.807, 2.05) is 109 Å². The van der Waals surface area contributed by atoms with Gasteiger partial charge in [0.2, 0.25) is 5.91 Å². The predicted molar refractivity (Wildman–Crippen MR) is 291 cm³/mol. The Labute approximate surface area is 440 Å². The second-order valence-electron chi connectivity index (χ2n) is 16.3. The van der Waals surface area contributed by atoms with Crippen LogP contribution in [0.15, 0.2) is 189 Å². The van der Waals surface area contributed by atoms with Gasteiger partial charge in [0.15, 0.2) is 15.2 Å². The Kier molecular flexibility index (Phi) is 14.8. The maximum atomic E-state index is 15.1. The van der Waals surface area contributed by atoms with Crippen LogP contribution in [-0.2, 0) is 47.1 Å². The molecule has 1 saturated heterocycles. The molecule has 2 N–H and O–H groups in total. The number of carbonyl (C=O) groups excluding carboxylic acids is 3. The number of hydrogen-bond donors (Lipinski definition) is 2. The van der Waals surface area contributed by atoms with Crippen molar-refractivity contribution in [3.05, 3.63) is 219 Å². The number of β-lactam (4-membered cyclic amide) rings is 1. The summed E-state index contributed by atoms with van der Waals surface area (Å²) in [5, 5.41) is 12.5. The van der Waals surface area contributed by atoms with Crippen molar-refractivity contribution in [1.82, 2.24) is 20.2 Å². The number of thioether (sulfide) groups is 2. The molecule has 6 aromatic carbocycles. The summed E-state index contributed by atoms with van der Waals surface area (Å²) >= 11 is 7.70. The van der Waals surface area contributed by atoms with Gasteiger partial charge in [-0.3, -0.25) is 14.5 Å². The van der Waals surface area contributed by atoms with Gasteiger partial charge in [0, 0.05) is 9.81 Å². The van der Waals surface area contributed by atoms with Crippen LogP contribution >= 0.6 is 68.8 Å². The number of halogens is 1. The van der Waals surface area contributed by atoms with Crippen LogP contribution in [0.3, 0.4) is 0 Å². The number of carbonyl (C=O) groups is 3. The zero-order valence-corrected chi connectivity index (χ0v) is 43.3. The average molecular weight is 1130 g/mol. The number of anilines is 1. The number of oxime groups is 1. The number of fused-ring (bicyclic) bond motifs is 2. The molecule has 10 rings (SSSR count). The number of hydrogen-bond acceptors (Lipinski definition) is 14. The summed E-state index contributed by atoms with van der Waals surface area (Å²) < 4.78 is 13.7. The Balaban J connectivity index is 1.02. The van der Waals surface area contributed by atoms with Crippen LogP contribution in [0.5, 0.6) is 5.75 Å². The van der Waals surface area contributed by atoms with E-state index in [1.54, 1.807) is 24.6 Å². The van der Waals surface area contributed by atoms with Crippen molar-refractivity contribution >= 4 is 108 Å². The quantitative estimate of drug-likeness (QED) is 0.0161. The second kappa shape index (κ2) is 21.9. The summed E-state index contributed by atoms with van der Waals surface area (Å²) in [5.74, 6) is -0.873. The van der Waals surface area contributed by atoms with E-state index in [4.69, 9.17) is 24.3 Å². The number of benzene rings is 6. The topological polar surface area (TPSA) is 144 Å². The van der Waals surface area contributed by atoms with E-state index >= 15 is 4.79 Å². The van der Waals surface area contributed by atoms with E-state index in [2.05, 4.69) is 80.8 Å². The van der Waals surface area contributed by atoms with Crippen LogP contribution < -0.4 is 15.4 Å². The lowest BCUT2D eigenvalue weighted by molar-refractivity contribution is -0.150. The van der Waals surface area contributed by atoms with Crippen molar-refractivity contribution in [1.29, 1.82) is 0 Å². The van der Waals surface area contributed by atoms with Gasteiger partial charge in [-0.25, -0.2) is 14.8 Å². The highest BCUT2D eigenvalue weighted by atomic mass is 127. The first-order valence-electron chi connectivity index (χ1n) is 22.4.